The lowest BCUT2D eigenvalue weighted by Gasteiger charge is -2.07. The molecule has 0 fully saturated rings. The van der Waals surface area contributed by atoms with Crippen LogP contribution in [0.15, 0.2) is 42.6 Å². The van der Waals surface area contributed by atoms with Crippen molar-refractivity contribution in [3.63, 3.8) is 0 Å². The zero-order chi connectivity index (χ0) is 15.7. The van der Waals surface area contributed by atoms with Gasteiger partial charge in [0.25, 0.3) is 5.91 Å². The number of fused-ring (bicyclic) bond motifs is 1. The summed E-state index contributed by atoms with van der Waals surface area (Å²) in [5.74, 6) is -0.113. The van der Waals surface area contributed by atoms with Gasteiger partial charge in [0.1, 0.15) is 5.69 Å². The predicted molar refractivity (Wildman–Crippen MR) is 88.1 cm³/mol. The lowest BCUT2D eigenvalue weighted by molar-refractivity contribution is 0.0942. The molecule has 5 heteroatoms. The molecular formula is C17H16ClN3O. The van der Waals surface area contributed by atoms with Crippen molar-refractivity contribution in [3.05, 3.63) is 64.6 Å². The summed E-state index contributed by atoms with van der Waals surface area (Å²) >= 11 is 6.05. The van der Waals surface area contributed by atoms with Crippen LogP contribution in [0.25, 0.3) is 10.9 Å². The summed E-state index contributed by atoms with van der Waals surface area (Å²) in [5.41, 5.74) is 3.40. The van der Waals surface area contributed by atoms with Crippen molar-refractivity contribution < 1.29 is 4.79 Å². The molecular weight excluding hydrogens is 298 g/mol. The second-order valence-electron chi connectivity index (χ2n) is 5.20. The van der Waals surface area contributed by atoms with Gasteiger partial charge in [-0.15, -0.1) is 0 Å². The number of pyridine rings is 1. The average Bonchev–Trinajstić information content (AvgIpc) is 2.77. The fourth-order valence-electron chi connectivity index (χ4n) is 2.68. The fraction of sp³-hybridized carbons (Fsp3) is 0.176. The van der Waals surface area contributed by atoms with Gasteiger partial charge in [-0.1, -0.05) is 17.7 Å². The van der Waals surface area contributed by atoms with Crippen LogP contribution >= 0.6 is 11.6 Å². The van der Waals surface area contributed by atoms with Crippen LogP contribution in [0.4, 0.5) is 0 Å². The summed E-state index contributed by atoms with van der Waals surface area (Å²) in [7, 11) is 1.89. The molecule has 0 saturated carbocycles. The predicted octanol–water partition coefficient (Wildman–Crippen LogP) is 3.47. The van der Waals surface area contributed by atoms with E-state index in [9.17, 15) is 4.79 Å². The Hall–Kier alpha value is -2.33. The first kappa shape index (κ1) is 14.6. The maximum absolute atomic E-state index is 12.5. The van der Waals surface area contributed by atoms with Crippen molar-refractivity contribution in [3.8, 4) is 0 Å². The summed E-state index contributed by atoms with van der Waals surface area (Å²) in [6, 6.07) is 11.3. The van der Waals surface area contributed by atoms with E-state index in [4.69, 9.17) is 11.6 Å². The lowest BCUT2D eigenvalue weighted by Crippen LogP contribution is -2.26. The zero-order valence-electron chi connectivity index (χ0n) is 12.4. The number of carbonyl (C=O) groups is 1. The number of aryl methyl sites for hydroxylation is 2. The van der Waals surface area contributed by atoms with E-state index in [-0.39, 0.29) is 5.91 Å². The number of amides is 1. The van der Waals surface area contributed by atoms with Crippen LogP contribution in [0.5, 0.6) is 0 Å². The first-order valence-electron chi connectivity index (χ1n) is 7.00. The number of halogens is 1. The Morgan fingerprint density at radius 2 is 2.14 bits per heavy atom. The molecule has 22 heavy (non-hydrogen) atoms. The summed E-state index contributed by atoms with van der Waals surface area (Å²) in [6.45, 7) is 2.34. The Morgan fingerprint density at radius 3 is 2.86 bits per heavy atom. The summed E-state index contributed by atoms with van der Waals surface area (Å²) in [5, 5.41) is 4.58. The highest BCUT2D eigenvalue weighted by Crippen LogP contribution is 2.27. The molecule has 0 radical (unpaired) electrons. The molecule has 2 aromatic heterocycles. The smallest absolute Gasteiger partial charge is 0.268 e. The van der Waals surface area contributed by atoms with Crippen LogP contribution in [0.3, 0.4) is 0 Å². The molecule has 0 unspecified atom stereocenters. The van der Waals surface area contributed by atoms with E-state index in [0.29, 0.717) is 17.3 Å². The van der Waals surface area contributed by atoms with Crippen molar-refractivity contribution in [1.82, 2.24) is 14.9 Å². The van der Waals surface area contributed by atoms with Crippen molar-refractivity contribution >= 4 is 28.4 Å². The normalized spacial score (nSPS) is 10.9. The Morgan fingerprint density at radius 1 is 1.32 bits per heavy atom. The minimum Gasteiger partial charge on any atom is -0.345 e. The molecule has 0 saturated heterocycles. The molecule has 0 aliphatic rings. The molecule has 0 spiro atoms. The third kappa shape index (κ3) is 2.57. The number of hydrogen-bond acceptors (Lipinski definition) is 2. The van der Waals surface area contributed by atoms with E-state index in [1.165, 1.54) is 0 Å². The largest absolute Gasteiger partial charge is 0.345 e. The van der Waals surface area contributed by atoms with E-state index < -0.39 is 0 Å². The SMILES string of the molecule is Cc1c(C(=O)NCc2ccccn2)n(C)c2ccc(Cl)cc12. The summed E-state index contributed by atoms with van der Waals surface area (Å²) in [4.78, 5) is 16.7. The molecule has 2 heterocycles. The van der Waals surface area contributed by atoms with Crippen molar-refractivity contribution in [2.45, 2.75) is 13.5 Å². The summed E-state index contributed by atoms with van der Waals surface area (Å²) in [6.07, 6.45) is 1.71. The van der Waals surface area contributed by atoms with Gasteiger partial charge in [0, 0.05) is 29.2 Å². The highest BCUT2D eigenvalue weighted by molar-refractivity contribution is 6.31. The number of benzene rings is 1. The number of hydrogen-bond donors (Lipinski definition) is 1. The van der Waals surface area contributed by atoms with Crippen molar-refractivity contribution in [2.75, 3.05) is 0 Å². The Balaban J connectivity index is 1.91. The van der Waals surface area contributed by atoms with E-state index in [0.717, 1.165) is 22.2 Å². The van der Waals surface area contributed by atoms with Crippen molar-refractivity contribution in [2.24, 2.45) is 7.05 Å². The quantitative estimate of drug-likeness (QED) is 0.805. The minimum atomic E-state index is -0.113. The third-order valence-corrected chi connectivity index (χ3v) is 4.02. The molecule has 3 rings (SSSR count). The second kappa shape index (κ2) is 5.81. The van der Waals surface area contributed by atoms with Crippen LogP contribution in [0, 0.1) is 6.92 Å². The second-order valence-corrected chi connectivity index (χ2v) is 5.63. The Kier molecular flexibility index (Phi) is 3.86. The standard InChI is InChI=1S/C17H16ClN3O/c1-11-14-9-12(18)6-7-15(14)21(2)16(11)17(22)20-10-13-5-3-4-8-19-13/h3-9H,10H2,1-2H3,(H,20,22). The van der Waals surface area contributed by atoms with Gasteiger partial charge in [0.15, 0.2) is 0 Å². The number of carbonyl (C=O) groups excluding carboxylic acids is 1. The van der Waals surface area contributed by atoms with Gasteiger partial charge in [0.05, 0.1) is 12.2 Å². The van der Waals surface area contributed by atoms with Gasteiger partial charge in [-0.05, 0) is 42.8 Å². The molecule has 0 aliphatic heterocycles. The topological polar surface area (TPSA) is 46.9 Å². The van der Waals surface area contributed by atoms with Crippen LogP contribution in [-0.2, 0) is 13.6 Å². The van der Waals surface area contributed by atoms with E-state index >= 15 is 0 Å². The van der Waals surface area contributed by atoms with Gasteiger partial charge in [0.2, 0.25) is 0 Å². The molecule has 0 bridgehead atoms. The van der Waals surface area contributed by atoms with Crippen LogP contribution in [0.2, 0.25) is 5.02 Å². The van der Waals surface area contributed by atoms with E-state index in [1.807, 2.05) is 54.9 Å². The molecule has 1 N–H and O–H groups in total. The molecule has 1 amide bonds. The van der Waals surface area contributed by atoms with Gasteiger partial charge in [-0.2, -0.15) is 0 Å². The van der Waals surface area contributed by atoms with Gasteiger partial charge < -0.3 is 9.88 Å². The lowest BCUT2D eigenvalue weighted by atomic mass is 10.1. The third-order valence-electron chi connectivity index (χ3n) is 3.79. The highest BCUT2D eigenvalue weighted by Gasteiger charge is 2.18. The van der Waals surface area contributed by atoms with E-state index in [2.05, 4.69) is 10.3 Å². The van der Waals surface area contributed by atoms with Crippen LogP contribution in [0.1, 0.15) is 21.7 Å². The minimum absolute atomic E-state index is 0.113. The number of nitrogens with zero attached hydrogens (tertiary/aromatic N) is 2. The van der Waals surface area contributed by atoms with Crippen LogP contribution < -0.4 is 5.32 Å². The first-order valence-corrected chi connectivity index (χ1v) is 7.38. The fourth-order valence-corrected chi connectivity index (χ4v) is 2.85. The molecule has 0 atom stereocenters. The molecule has 1 aromatic carbocycles. The van der Waals surface area contributed by atoms with Crippen molar-refractivity contribution in [1.29, 1.82) is 0 Å². The average molecular weight is 314 g/mol. The van der Waals surface area contributed by atoms with Gasteiger partial charge in [-0.3, -0.25) is 9.78 Å². The number of rotatable bonds is 3. The first-order chi connectivity index (χ1) is 10.6. The van der Waals surface area contributed by atoms with Gasteiger partial charge in [-0.25, -0.2) is 0 Å². The number of aromatic nitrogens is 2. The monoisotopic (exact) mass is 313 g/mol. The zero-order valence-corrected chi connectivity index (χ0v) is 13.2. The number of nitrogens with one attached hydrogen (secondary N) is 1. The van der Waals surface area contributed by atoms with E-state index in [1.54, 1.807) is 6.20 Å². The molecule has 0 aliphatic carbocycles. The van der Waals surface area contributed by atoms with Crippen LogP contribution in [-0.4, -0.2) is 15.5 Å². The Labute approximate surface area is 133 Å². The summed E-state index contributed by atoms with van der Waals surface area (Å²) < 4.78 is 1.90. The molecule has 3 aromatic rings. The maximum atomic E-state index is 12.5. The highest BCUT2D eigenvalue weighted by atomic mass is 35.5. The van der Waals surface area contributed by atoms with Gasteiger partial charge >= 0.3 is 0 Å². The Bertz CT molecular complexity index is 840. The molecule has 4 nitrogen and oxygen atoms in total. The molecule has 112 valence electrons. The maximum Gasteiger partial charge on any atom is 0.268 e.